The minimum Gasteiger partial charge on any atom is -0.357 e. The van der Waals surface area contributed by atoms with E-state index in [4.69, 9.17) is 11.6 Å². The van der Waals surface area contributed by atoms with Gasteiger partial charge in [-0.2, -0.15) is 0 Å². The summed E-state index contributed by atoms with van der Waals surface area (Å²) in [6.07, 6.45) is 1.04. The minimum atomic E-state index is -3.79. The third kappa shape index (κ3) is 5.98. The third-order valence-electron chi connectivity index (χ3n) is 5.20. The van der Waals surface area contributed by atoms with Crippen LogP contribution in [0, 0.1) is 13.8 Å². The van der Waals surface area contributed by atoms with Gasteiger partial charge in [0, 0.05) is 18.6 Å². The topological polar surface area (TPSA) is 86.8 Å². The molecule has 1 N–H and O–H groups in total. The van der Waals surface area contributed by atoms with E-state index < -0.39 is 28.5 Å². The number of hydrogen-bond donors (Lipinski definition) is 1. The van der Waals surface area contributed by atoms with E-state index in [9.17, 15) is 18.0 Å². The van der Waals surface area contributed by atoms with Crippen molar-refractivity contribution in [1.29, 1.82) is 0 Å². The molecule has 0 unspecified atom stereocenters. The number of nitrogens with zero attached hydrogens (tertiary/aromatic N) is 2. The van der Waals surface area contributed by atoms with Crippen LogP contribution < -0.4 is 9.62 Å². The fourth-order valence-corrected chi connectivity index (χ4v) is 4.29. The predicted molar refractivity (Wildman–Crippen MR) is 124 cm³/mol. The van der Waals surface area contributed by atoms with Gasteiger partial charge in [-0.3, -0.25) is 13.9 Å². The number of aryl methyl sites for hydroxylation is 1. The molecule has 9 heteroatoms. The Labute approximate surface area is 189 Å². The number of sulfonamides is 1. The summed E-state index contributed by atoms with van der Waals surface area (Å²) in [7, 11) is -2.30. The standard InChI is InChI=1S/C22H28ClN3O4S/c1-15-9-6-7-10-18(15)13-25(17(3)22(28)24-4)21(27)14-26(31(5,29)30)20-12-8-11-19(23)16(20)2/h6-12,17H,13-14H2,1-5H3,(H,24,28)/t17-/m1/s1. The van der Waals surface area contributed by atoms with Gasteiger partial charge in [-0.05, 0) is 49.6 Å². The first-order chi connectivity index (χ1) is 14.5. The molecule has 0 radical (unpaired) electrons. The quantitative estimate of drug-likeness (QED) is 0.649. The van der Waals surface area contributed by atoms with Crippen LogP contribution in [0.3, 0.4) is 0 Å². The summed E-state index contributed by atoms with van der Waals surface area (Å²) in [6.45, 7) is 4.95. The zero-order chi connectivity index (χ0) is 23.3. The summed E-state index contributed by atoms with van der Waals surface area (Å²) >= 11 is 6.17. The largest absolute Gasteiger partial charge is 0.357 e. The maximum Gasteiger partial charge on any atom is 0.244 e. The van der Waals surface area contributed by atoms with Crippen molar-refractivity contribution in [3.05, 3.63) is 64.2 Å². The van der Waals surface area contributed by atoms with E-state index >= 15 is 0 Å². The lowest BCUT2D eigenvalue weighted by atomic mass is 10.1. The molecule has 2 aromatic rings. The highest BCUT2D eigenvalue weighted by molar-refractivity contribution is 7.92. The number of amides is 2. The van der Waals surface area contributed by atoms with Crippen LogP contribution in [0.2, 0.25) is 5.02 Å². The fourth-order valence-electron chi connectivity index (χ4n) is 3.22. The molecule has 2 amide bonds. The van der Waals surface area contributed by atoms with Crippen LogP contribution in [0.5, 0.6) is 0 Å². The Morgan fingerprint density at radius 2 is 1.74 bits per heavy atom. The maximum atomic E-state index is 13.4. The van der Waals surface area contributed by atoms with Gasteiger partial charge in [0.1, 0.15) is 12.6 Å². The number of hydrogen-bond acceptors (Lipinski definition) is 4. The first-order valence-electron chi connectivity index (χ1n) is 9.75. The number of benzene rings is 2. The summed E-state index contributed by atoms with van der Waals surface area (Å²) in [5.74, 6) is -0.837. The van der Waals surface area contributed by atoms with Gasteiger partial charge < -0.3 is 10.2 Å². The molecule has 0 aliphatic heterocycles. The smallest absolute Gasteiger partial charge is 0.244 e. The Bertz CT molecular complexity index is 1070. The number of nitrogens with one attached hydrogen (secondary N) is 1. The van der Waals surface area contributed by atoms with E-state index in [1.54, 1.807) is 32.0 Å². The first-order valence-corrected chi connectivity index (χ1v) is 12.0. The van der Waals surface area contributed by atoms with Gasteiger partial charge in [0.2, 0.25) is 21.8 Å². The Balaban J connectivity index is 2.45. The molecule has 31 heavy (non-hydrogen) atoms. The van der Waals surface area contributed by atoms with Crippen LogP contribution in [-0.4, -0.2) is 51.0 Å². The van der Waals surface area contributed by atoms with Crippen molar-refractivity contribution >= 4 is 39.1 Å². The van der Waals surface area contributed by atoms with Crippen LogP contribution in [0.25, 0.3) is 0 Å². The second-order valence-electron chi connectivity index (χ2n) is 7.39. The summed E-state index contributed by atoms with van der Waals surface area (Å²) in [5.41, 5.74) is 2.71. The minimum absolute atomic E-state index is 0.173. The number of rotatable bonds is 8. The molecule has 2 aromatic carbocycles. The van der Waals surface area contributed by atoms with Crippen molar-refractivity contribution in [3.63, 3.8) is 0 Å². The van der Waals surface area contributed by atoms with Gasteiger partial charge in [0.25, 0.3) is 0 Å². The highest BCUT2D eigenvalue weighted by atomic mass is 35.5. The summed E-state index contributed by atoms with van der Waals surface area (Å²) < 4.78 is 26.1. The molecule has 0 aliphatic carbocycles. The van der Waals surface area contributed by atoms with Crippen molar-refractivity contribution in [1.82, 2.24) is 10.2 Å². The molecule has 0 saturated carbocycles. The number of likely N-dealkylation sites (N-methyl/N-ethyl adjacent to an activating group) is 1. The third-order valence-corrected chi connectivity index (χ3v) is 6.74. The molecule has 0 bridgehead atoms. The van der Waals surface area contributed by atoms with Crippen molar-refractivity contribution in [3.8, 4) is 0 Å². The van der Waals surface area contributed by atoms with Gasteiger partial charge in [-0.25, -0.2) is 8.42 Å². The van der Waals surface area contributed by atoms with Crippen LogP contribution >= 0.6 is 11.6 Å². The van der Waals surface area contributed by atoms with E-state index in [0.29, 0.717) is 16.3 Å². The van der Waals surface area contributed by atoms with Crippen LogP contribution in [0.1, 0.15) is 23.6 Å². The normalized spacial score (nSPS) is 12.2. The van der Waals surface area contributed by atoms with Gasteiger partial charge in [-0.1, -0.05) is 41.9 Å². The lowest BCUT2D eigenvalue weighted by molar-refractivity contribution is -0.139. The predicted octanol–water partition coefficient (Wildman–Crippen LogP) is 2.89. The van der Waals surface area contributed by atoms with Crippen LogP contribution in [0.15, 0.2) is 42.5 Å². The molecular weight excluding hydrogens is 438 g/mol. The van der Waals surface area contributed by atoms with Crippen molar-refractivity contribution < 1.29 is 18.0 Å². The van der Waals surface area contributed by atoms with Crippen molar-refractivity contribution in [2.45, 2.75) is 33.4 Å². The molecule has 0 heterocycles. The summed E-state index contributed by atoms with van der Waals surface area (Å²) in [6, 6.07) is 11.6. The SMILES string of the molecule is CNC(=O)[C@@H](C)N(Cc1ccccc1C)C(=O)CN(c1cccc(Cl)c1C)S(C)(=O)=O. The highest BCUT2D eigenvalue weighted by Crippen LogP contribution is 2.28. The first kappa shape index (κ1) is 24.7. The van der Waals surface area contributed by atoms with E-state index in [2.05, 4.69) is 5.32 Å². The molecular formula is C22H28ClN3O4S. The number of anilines is 1. The highest BCUT2D eigenvalue weighted by Gasteiger charge is 2.30. The Hall–Kier alpha value is -2.58. The van der Waals surface area contributed by atoms with E-state index in [1.807, 2.05) is 31.2 Å². The van der Waals surface area contributed by atoms with E-state index in [1.165, 1.54) is 11.9 Å². The van der Waals surface area contributed by atoms with Crippen molar-refractivity contribution in [2.24, 2.45) is 0 Å². The molecule has 0 spiro atoms. The molecule has 0 aliphatic rings. The van der Waals surface area contributed by atoms with Gasteiger partial charge in [0.15, 0.2) is 0 Å². The lowest BCUT2D eigenvalue weighted by Gasteiger charge is -2.32. The maximum absolute atomic E-state index is 13.4. The van der Waals surface area contributed by atoms with E-state index in [0.717, 1.165) is 21.7 Å². The summed E-state index contributed by atoms with van der Waals surface area (Å²) in [5, 5.41) is 2.95. The number of carbonyl (C=O) groups is 2. The fraction of sp³-hybridized carbons (Fsp3) is 0.364. The lowest BCUT2D eigenvalue weighted by Crippen LogP contribution is -2.50. The monoisotopic (exact) mass is 465 g/mol. The second kappa shape index (κ2) is 10.2. The van der Waals surface area contributed by atoms with Gasteiger partial charge in [0.05, 0.1) is 11.9 Å². The van der Waals surface area contributed by atoms with Crippen LogP contribution in [0.4, 0.5) is 5.69 Å². The average molecular weight is 466 g/mol. The molecule has 7 nitrogen and oxygen atoms in total. The molecule has 2 rings (SSSR count). The molecule has 168 valence electrons. The zero-order valence-corrected chi connectivity index (χ0v) is 19.9. The van der Waals surface area contributed by atoms with Gasteiger partial charge >= 0.3 is 0 Å². The molecule has 1 atom stereocenters. The zero-order valence-electron chi connectivity index (χ0n) is 18.3. The molecule has 0 aromatic heterocycles. The second-order valence-corrected chi connectivity index (χ2v) is 9.71. The van der Waals surface area contributed by atoms with Crippen LogP contribution in [-0.2, 0) is 26.2 Å². The number of carbonyl (C=O) groups excluding carboxylic acids is 2. The molecule has 0 fully saturated rings. The number of halogens is 1. The average Bonchev–Trinajstić information content (AvgIpc) is 2.71. The Morgan fingerprint density at radius 3 is 2.32 bits per heavy atom. The Kier molecular flexibility index (Phi) is 8.08. The van der Waals surface area contributed by atoms with Gasteiger partial charge in [-0.15, -0.1) is 0 Å². The molecule has 0 saturated heterocycles. The Morgan fingerprint density at radius 1 is 1.10 bits per heavy atom. The van der Waals surface area contributed by atoms with E-state index in [-0.39, 0.29) is 12.5 Å². The van der Waals surface area contributed by atoms with Crippen molar-refractivity contribution in [2.75, 3.05) is 24.2 Å². The summed E-state index contributed by atoms with van der Waals surface area (Å²) in [4.78, 5) is 27.1.